The Morgan fingerprint density at radius 1 is 1.57 bits per heavy atom. The minimum atomic E-state index is -0.240. The van der Waals surface area contributed by atoms with Crippen LogP contribution in [0.1, 0.15) is 25.5 Å². The van der Waals surface area contributed by atoms with Gasteiger partial charge in [-0.15, -0.1) is 0 Å². The van der Waals surface area contributed by atoms with Crippen LogP contribution in [0, 0.1) is 5.41 Å². The molecule has 14 heavy (non-hydrogen) atoms. The lowest BCUT2D eigenvalue weighted by Crippen LogP contribution is -2.21. The first-order chi connectivity index (χ1) is 6.60. The van der Waals surface area contributed by atoms with Crippen molar-refractivity contribution in [2.24, 2.45) is 5.41 Å². The molecule has 0 aromatic carbocycles. The van der Waals surface area contributed by atoms with Gasteiger partial charge in [0, 0.05) is 22.8 Å². The first kappa shape index (κ1) is 10.1. The molecule has 2 rings (SSSR count). The molecule has 0 amide bonds. The molecule has 1 atom stereocenters. The minimum Gasteiger partial charge on any atom is -0.392 e. The topological polar surface area (TPSA) is 33.1 Å². The Bertz CT molecular complexity index is 319. The van der Waals surface area contributed by atoms with E-state index in [1.54, 1.807) is 6.20 Å². The van der Waals surface area contributed by atoms with Crippen LogP contribution in [-0.4, -0.2) is 16.2 Å². The van der Waals surface area contributed by atoms with Gasteiger partial charge in [0.2, 0.25) is 0 Å². The van der Waals surface area contributed by atoms with Gasteiger partial charge in [-0.1, -0.05) is 6.92 Å². The van der Waals surface area contributed by atoms with E-state index in [9.17, 15) is 5.11 Å². The molecule has 2 nitrogen and oxygen atoms in total. The first-order valence-corrected chi connectivity index (χ1v) is 5.68. The van der Waals surface area contributed by atoms with Crippen LogP contribution in [-0.2, 0) is 6.42 Å². The minimum absolute atomic E-state index is 0.161. The van der Waals surface area contributed by atoms with Crippen molar-refractivity contribution in [1.29, 1.82) is 0 Å². The van der Waals surface area contributed by atoms with Crippen molar-refractivity contribution in [2.75, 3.05) is 0 Å². The molecule has 3 heteroatoms. The molecule has 1 saturated carbocycles. The maximum absolute atomic E-state index is 9.92. The molecule has 1 heterocycles. The smallest absolute Gasteiger partial charge is 0.0649 e. The summed E-state index contributed by atoms with van der Waals surface area (Å²) in [6.45, 7) is 2.14. The number of hydrogen-bond acceptors (Lipinski definition) is 2. The summed E-state index contributed by atoms with van der Waals surface area (Å²) < 4.78 is 0.980. The second-order valence-electron chi connectivity index (χ2n) is 4.34. The molecule has 0 spiro atoms. The third-order valence-corrected chi connectivity index (χ3v) is 3.50. The van der Waals surface area contributed by atoms with Crippen LogP contribution >= 0.6 is 15.9 Å². The molecule has 1 fully saturated rings. The predicted octanol–water partition coefficient (Wildman–Crippen LogP) is 2.55. The third-order valence-electron chi connectivity index (χ3n) is 3.03. The van der Waals surface area contributed by atoms with E-state index in [1.165, 1.54) is 0 Å². The Hall–Kier alpha value is -0.410. The van der Waals surface area contributed by atoms with Gasteiger partial charge in [0.05, 0.1) is 6.10 Å². The Morgan fingerprint density at radius 3 is 2.79 bits per heavy atom. The molecule has 1 aromatic heterocycles. The van der Waals surface area contributed by atoms with Gasteiger partial charge in [0.25, 0.3) is 0 Å². The van der Waals surface area contributed by atoms with E-state index in [0.717, 1.165) is 23.0 Å². The molecule has 1 aromatic rings. The number of rotatable bonds is 3. The molecule has 0 radical (unpaired) electrons. The summed E-state index contributed by atoms with van der Waals surface area (Å²) in [6.07, 6.45) is 4.49. The van der Waals surface area contributed by atoms with Gasteiger partial charge >= 0.3 is 0 Å². The molecule has 0 aliphatic heterocycles. The Morgan fingerprint density at radius 2 is 2.29 bits per heavy atom. The molecular weight excluding hydrogens is 242 g/mol. The SMILES string of the molecule is CC1(C(O)Cc2ccc(Br)cn2)CC1. The maximum Gasteiger partial charge on any atom is 0.0649 e. The molecule has 1 aliphatic carbocycles. The maximum atomic E-state index is 9.92. The van der Waals surface area contributed by atoms with Crippen LogP contribution in [0.5, 0.6) is 0 Å². The van der Waals surface area contributed by atoms with Gasteiger partial charge < -0.3 is 5.11 Å². The van der Waals surface area contributed by atoms with Crippen molar-refractivity contribution in [1.82, 2.24) is 4.98 Å². The van der Waals surface area contributed by atoms with E-state index in [2.05, 4.69) is 27.8 Å². The van der Waals surface area contributed by atoms with Gasteiger partial charge in [0.1, 0.15) is 0 Å². The van der Waals surface area contributed by atoms with Crippen LogP contribution in [0.15, 0.2) is 22.8 Å². The standard InChI is InChI=1S/C11H14BrNO/c1-11(4-5-11)10(14)6-9-3-2-8(12)7-13-9/h2-3,7,10,14H,4-6H2,1H3. The highest BCUT2D eigenvalue weighted by Gasteiger charge is 2.43. The van der Waals surface area contributed by atoms with Crippen LogP contribution in [0.3, 0.4) is 0 Å². The number of hydrogen-bond donors (Lipinski definition) is 1. The van der Waals surface area contributed by atoms with E-state index in [0.29, 0.717) is 6.42 Å². The van der Waals surface area contributed by atoms with Crippen molar-refractivity contribution in [3.8, 4) is 0 Å². The molecule has 1 N–H and O–H groups in total. The zero-order valence-corrected chi connectivity index (χ0v) is 9.79. The highest BCUT2D eigenvalue weighted by Crippen LogP contribution is 2.48. The van der Waals surface area contributed by atoms with E-state index < -0.39 is 0 Å². The number of halogens is 1. The van der Waals surface area contributed by atoms with Crippen molar-refractivity contribution >= 4 is 15.9 Å². The molecule has 0 bridgehead atoms. The molecule has 1 unspecified atom stereocenters. The summed E-state index contributed by atoms with van der Waals surface area (Å²) in [5.74, 6) is 0. The molecule has 1 aliphatic rings. The quantitative estimate of drug-likeness (QED) is 0.901. The fourth-order valence-electron chi connectivity index (χ4n) is 1.50. The lowest BCUT2D eigenvalue weighted by Gasteiger charge is -2.16. The normalized spacial score (nSPS) is 20.5. The number of aromatic nitrogens is 1. The fraction of sp³-hybridized carbons (Fsp3) is 0.545. The lowest BCUT2D eigenvalue weighted by atomic mass is 9.97. The van der Waals surface area contributed by atoms with Crippen molar-refractivity contribution in [3.63, 3.8) is 0 Å². The van der Waals surface area contributed by atoms with E-state index in [-0.39, 0.29) is 11.5 Å². The number of pyridine rings is 1. The molecule has 76 valence electrons. The number of nitrogens with zero attached hydrogens (tertiary/aromatic N) is 1. The second kappa shape index (κ2) is 3.63. The summed E-state index contributed by atoms with van der Waals surface area (Å²) in [5.41, 5.74) is 1.13. The Kier molecular flexibility index (Phi) is 2.62. The summed E-state index contributed by atoms with van der Waals surface area (Å²) in [5, 5.41) is 9.92. The Labute approximate surface area is 92.5 Å². The van der Waals surface area contributed by atoms with Gasteiger partial charge in [-0.05, 0) is 46.3 Å². The lowest BCUT2D eigenvalue weighted by molar-refractivity contribution is 0.102. The Balaban J connectivity index is 2.00. The van der Waals surface area contributed by atoms with E-state index in [1.807, 2.05) is 12.1 Å². The summed E-state index contributed by atoms with van der Waals surface area (Å²) in [4.78, 5) is 4.25. The largest absolute Gasteiger partial charge is 0.392 e. The highest BCUT2D eigenvalue weighted by atomic mass is 79.9. The third kappa shape index (κ3) is 2.15. The van der Waals surface area contributed by atoms with Crippen LogP contribution < -0.4 is 0 Å². The van der Waals surface area contributed by atoms with Crippen LogP contribution in [0.25, 0.3) is 0 Å². The highest BCUT2D eigenvalue weighted by molar-refractivity contribution is 9.10. The monoisotopic (exact) mass is 255 g/mol. The second-order valence-corrected chi connectivity index (χ2v) is 5.26. The van der Waals surface area contributed by atoms with Crippen LogP contribution in [0.4, 0.5) is 0 Å². The zero-order chi connectivity index (χ0) is 10.2. The zero-order valence-electron chi connectivity index (χ0n) is 8.20. The summed E-state index contributed by atoms with van der Waals surface area (Å²) in [7, 11) is 0. The summed E-state index contributed by atoms with van der Waals surface area (Å²) in [6, 6.07) is 3.92. The van der Waals surface area contributed by atoms with Crippen molar-refractivity contribution < 1.29 is 5.11 Å². The molecular formula is C11H14BrNO. The summed E-state index contributed by atoms with van der Waals surface area (Å²) >= 11 is 3.34. The van der Waals surface area contributed by atoms with Crippen molar-refractivity contribution in [2.45, 2.75) is 32.3 Å². The van der Waals surface area contributed by atoms with E-state index >= 15 is 0 Å². The van der Waals surface area contributed by atoms with E-state index in [4.69, 9.17) is 0 Å². The number of aliphatic hydroxyl groups excluding tert-OH is 1. The van der Waals surface area contributed by atoms with Crippen LogP contribution in [0.2, 0.25) is 0 Å². The van der Waals surface area contributed by atoms with Crippen molar-refractivity contribution in [3.05, 3.63) is 28.5 Å². The molecule has 0 saturated heterocycles. The van der Waals surface area contributed by atoms with Gasteiger partial charge in [0.15, 0.2) is 0 Å². The first-order valence-electron chi connectivity index (χ1n) is 4.89. The predicted molar refractivity (Wildman–Crippen MR) is 59.0 cm³/mol. The van der Waals surface area contributed by atoms with Gasteiger partial charge in [-0.2, -0.15) is 0 Å². The number of aliphatic hydroxyl groups is 1. The average molecular weight is 256 g/mol. The fourth-order valence-corrected chi connectivity index (χ4v) is 1.74. The van der Waals surface area contributed by atoms with Gasteiger partial charge in [-0.25, -0.2) is 0 Å². The average Bonchev–Trinajstić information content (AvgIpc) is 2.89. The van der Waals surface area contributed by atoms with Gasteiger partial charge in [-0.3, -0.25) is 4.98 Å².